The third-order valence-corrected chi connectivity index (χ3v) is 4.24. The molecule has 0 radical (unpaired) electrons. The fraction of sp³-hybridized carbons (Fsp3) is 0.611. The average molecular weight is 390 g/mol. The van der Waals surface area contributed by atoms with Gasteiger partial charge in [0.05, 0.1) is 13.1 Å². The molecule has 152 valence electrons. The first-order valence-electron chi connectivity index (χ1n) is 8.91. The zero-order chi connectivity index (χ0) is 19.9. The molecule has 1 aromatic carbocycles. The van der Waals surface area contributed by atoms with Crippen molar-refractivity contribution in [3.63, 3.8) is 0 Å². The number of hydrogen-bond acceptors (Lipinski definition) is 3. The summed E-state index contributed by atoms with van der Waals surface area (Å²) >= 11 is 0. The minimum absolute atomic E-state index is 0.145. The van der Waals surface area contributed by atoms with Crippen LogP contribution in [0, 0.1) is 11.7 Å². The Balaban J connectivity index is 1.68. The van der Waals surface area contributed by atoms with Crippen LogP contribution in [0.1, 0.15) is 13.3 Å². The van der Waals surface area contributed by atoms with Crippen molar-refractivity contribution in [2.75, 3.05) is 39.8 Å². The molecule has 9 heteroatoms. The van der Waals surface area contributed by atoms with E-state index in [1.807, 2.05) is 6.92 Å². The molecule has 5 nitrogen and oxygen atoms in total. The Morgan fingerprint density at radius 2 is 2.15 bits per heavy atom. The number of guanidine groups is 1. The summed E-state index contributed by atoms with van der Waals surface area (Å²) in [5.74, 6) is 0.787. The lowest BCUT2D eigenvalue weighted by Gasteiger charge is -2.20. The predicted octanol–water partition coefficient (Wildman–Crippen LogP) is 2.64. The Bertz CT molecular complexity index is 624. The largest absolute Gasteiger partial charge is 0.489 e. The molecule has 2 atom stereocenters. The van der Waals surface area contributed by atoms with Crippen molar-refractivity contribution in [3.05, 3.63) is 30.1 Å². The van der Waals surface area contributed by atoms with Crippen LogP contribution in [0.2, 0.25) is 0 Å². The summed E-state index contributed by atoms with van der Waals surface area (Å²) in [5, 5.41) is 6.24. The number of nitrogens with one attached hydrogen (secondary N) is 2. The van der Waals surface area contributed by atoms with E-state index in [-0.39, 0.29) is 17.8 Å². The van der Waals surface area contributed by atoms with E-state index in [1.165, 1.54) is 17.0 Å². The van der Waals surface area contributed by atoms with Crippen LogP contribution in [0.4, 0.5) is 17.6 Å². The maximum Gasteiger partial charge on any atom is 0.401 e. The minimum atomic E-state index is -4.16. The fourth-order valence-electron chi connectivity index (χ4n) is 2.99. The van der Waals surface area contributed by atoms with Gasteiger partial charge >= 0.3 is 6.18 Å². The maximum absolute atomic E-state index is 13.2. The second kappa shape index (κ2) is 9.77. The number of ether oxygens (including phenoxy) is 1. The molecule has 1 saturated heterocycles. The molecule has 0 saturated carbocycles. The number of rotatable bonds is 7. The molecule has 0 amide bonds. The van der Waals surface area contributed by atoms with Gasteiger partial charge < -0.3 is 15.4 Å². The summed E-state index contributed by atoms with van der Waals surface area (Å²) in [6.45, 7) is 2.86. The normalized spacial score (nSPS) is 19.8. The maximum atomic E-state index is 13.2. The molecular weight excluding hydrogens is 364 g/mol. The molecule has 2 N–H and O–H groups in total. The lowest BCUT2D eigenvalue weighted by molar-refractivity contribution is -0.143. The molecule has 1 aliphatic heterocycles. The van der Waals surface area contributed by atoms with Gasteiger partial charge in [0.25, 0.3) is 0 Å². The SMILES string of the molecule is CN=C(NCC1CCN(CC(F)(F)F)C1)NCC(C)Oc1cccc(F)c1. The first-order chi connectivity index (χ1) is 12.7. The Kier molecular flexibility index (Phi) is 7.70. The summed E-state index contributed by atoms with van der Waals surface area (Å²) in [4.78, 5) is 5.53. The first-order valence-corrected chi connectivity index (χ1v) is 8.91. The van der Waals surface area contributed by atoms with Crippen LogP contribution in [-0.4, -0.2) is 62.9 Å². The molecule has 1 fully saturated rings. The topological polar surface area (TPSA) is 48.9 Å². The fourth-order valence-corrected chi connectivity index (χ4v) is 2.99. The minimum Gasteiger partial charge on any atom is -0.489 e. The van der Waals surface area contributed by atoms with Gasteiger partial charge in [-0.1, -0.05) is 6.07 Å². The van der Waals surface area contributed by atoms with E-state index < -0.39 is 12.7 Å². The van der Waals surface area contributed by atoms with E-state index in [0.29, 0.717) is 37.9 Å². The lowest BCUT2D eigenvalue weighted by atomic mass is 10.1. The summed E-state index contributed by atoms with van der Waals surface area (Å²) in [6, 6.07) is 5.92. The van der Waals surface area contributed by atoms with Gasteiger partial charge in [-0.3, -0.25) is 9.89 Å². The van der Waals surface area contributed by atoms with Crippen LogP contribution < -0.4 is 15.4 Å². The van der Waals surface area contributed by atoms with Crippen molar-refractivity contribution in [1.82, 2.24) is 15.5 Å². The van der Waals surface area contributed by atoms with Gasteiger partial charge in [-0.2, -0.15) is 13.2 Å². The van der Waals surface area contributed by atoms with Gasteiger partial charge in [0.1, 0.15) is 17.7 Å². The summed E-state index contributed by atoms with van der Waals surface area (Å²) < 4.78 is 56.1. The molecule has 1 aliphatic rings. The third-order valence-electron chi connectivity index (χ3n) is 4.24. The smallest absolute Gasteiger partial charge is 0.401 e. The number of aliphatic imine (C=N–C) groups is 1. The van der Waals surface area contributed by atoms with Crippen LogP contribution in [0.25, 0.3) is 0 Å². The van der Waals surface area contributed by atoms with Crippen LogP contribution in [-0.2, 0) is 0 Å². The number of likely N-dealkylation sites (tertiary alicyclic amines) is 1. The third kappa shape index (κ3) is 8.03. The first kappa shape index (κ1) is 21.3. The van der Waals surface area contributed by atoms with Gasteiger partial charge in [-0.15, -0.1) is 0 Å². The monoisotopic (exact) mass is 390 g/mol. The van der Waals surface area contributed by atoms with Crippen molar-refractivity contribution in [3.8, 4) is 5.75 Å². The molecule has 0 aliphatic carbocycles. The highest BCUT2D eigenvalue weighted by Crippen LogP contribution is 2.22. The van der Waals surface area contributed by atoms with E-state index in [2.05, 4.69) is 15.6 Å². The van der Waals surface area contributed by atoms with Gasteiger partial charge in [0.15, 0.2) is 5.96 Å². The van der Waals surface area contributed by atoms with Crippen LogP contribution in [0.3, 0.4) is 0 Å². The average Bonchev–Trinajstić information content (AvgIpc) is 3.00. The van der Waals surface area contributed by atoms with Gasteiger partial charge in [0, 0.05) is 26.2 Å². The van der Waals surface area contributed by atoms with E-state index in [4.69, 9.17) is 4.74 Å². The van der Waals surface area contributed by atoms with E-state index in [1.54, 1.807) is 19.2 Å². The summed E-state index contributed by atoms with van der Waals surface area (Å²) in [7, 11) is 1.62. The molecule has 27 heavy (non-hydrogen) atoms. The molecule has 0 aromatic heterocycles. The zero-order valence-electron chi connectivity index (χ0n) is 15.5. The highest BCUT2D eigenvalue weighted by Gasteiger charge is 2.34. The number of hydrogen-bond donors (Lipinski definition) is 2. The summed E-state index contributed by atoms with van der Waals surface area (Å²) in [6.07, 6.45) is -3.66. The highest BCUT2D eigenvalue weighted by atomic mass is 19.4. The Morgan fingerprint density at radius 3 is 2.81 bits per heavy atom. The molecular formula is C18H26F4N4O. The second-order valence-electron chi connectivity index (χ2n) is 6.72. The van der Waals surface area contributed by atoms with Crippen LogP contribution in [0.5, 0.6) is 5.75 Å². The van der Waals surface area contributed by atoms with Gasteiger partial charge in [-0.25, -0.2) is 4.39 Å². The van der Waals surface area contributed by atoms with Crippen molar-refractivity contribution < 1.29 is 22.3 Å². The van der Waals surface area contributed by atoms with Crippen LogP contribution in [0.15, 0.2) is 29.3 Å². The Hall–Kier alpha value is -2.03. The van der Waals surface area contributed by atoms with Crippen molar-refractivity contribution in [2.45, 2.75) is 25.6 Å². The Morgan fingerprint density at radius 1 is 1.37 bits per heavy atom. The molecule has 1 aromatic rings. The molecule has 2 unspecified atom stereocenters. The van der Waals surface area contributed by atoms with Gasteiger partial charge in [0.2, 0.25) is 0 Å². The van der Waals surface area contributed by atoms with Crippen molar-refractivity contribution in [1.29, 1.82) is 0 Å². The summed E-state index contributed by atoms with van der Waals surface area (Å²) in [5.41, 5.74) is 0. The zero-order valence-corrected chi connectivity index (χ0v) is 15.5. The molecule has 0 bridgehead atoms. The number of alkyl halides is 3. The number of benzene rings is 1. The molecule has 1 heterocycles. The Labute approximate surface area is 156 Å². The van der Waals surface area contributed by atoms with E-state index >= 15 is 0 Å². The quantitative estimate of drug-likeness (QED) is 0.427. The molecule has 0 spiro atoms. The highest BCUT2D eigenvalue weighted by molar-refractivity contribution is 5.79. The lowest BCUT2D eigenvalue weighted by Crippen LogP contribution is -2.43. The van der Waals surface area contributed by atoms with E-state index in [0.717, 1.165) is 6.42 Å². The number of nitrogens with zero attached hydrogens (tertiary/aromatic N) is 2. The van der Waals surface area contributed by atoms with E-state index in [9.17, 15) is 17.6 Å². The van der Waals surface area contributed by atoms with Gasteiger partial charge in [-0.05, 0) is 37.9 Å². The van der Waals surface area contributed by atoms with Crippen LogP contribution >= 0.6 is 0 Å². The number of halogens is 4. The van der Waals surface area contributed by atoms with Crippen molar-refractivity contribution >= 4 is 5.96 Å². The van der Waals surface area contributed by atoms with Crippen molar-refractivity contribution in [2.24, 2.45) is 10.9 Å². The standard InChI is InChI=1S/C18H26F4N4O/c1-13(27-16-5-3-4-15(19)8-16)9-24-17(23-2)25-10-14-6-7-26(11-14)12-18(20,21)22/h3-5,8,13-14H,6-7,9-12H2,1-2H3,(H2,23,24,25). The molecule has 2 rings (SSSR count). The second-order valence-corrected chi connectivity index (χ2v) is 6.72. The predicted molar refractivity (Wildman–Crippen MR) is 96.5 cm³/mol.